The number of piperidine rings is 1. The molecule has 150 valence electrons. The maximum atomic E-state index is 11.2. The average molecular weight is 386 g/mol. The largest absolute Gasteiger partial charge is 0.479 e. The van der Waals surface area contributed by atoms with Crippen LogP contribution in [0.4, 0.5) is 17.6 Å². The van der Waals surface area contributed by atoms with Crippen LogP contribution in [0, 0.1) is 0 Å². The number of aliphatic carboxylic acids is 1. The van der Waals surface area contributed by atoms with Gasteiger partial charge in [0.15, 0.2) is 11.9 Å². The Morgan fingerprint density at radius 2 is 1.85 bits per heavy atom. The Bertz CT molecular complexity index is 676. The van der Waals surface area contributed by atoms with Gasteiger partial charge in [-0.3, -0.25) is 0 Å². The number of carboxylic acid groups (broad SMARTS) is 1. The third-order valence-electron chi connectivity index (χ3n) is 4.65. The van der Waals surface area contributed by atoms with E-state index in [2.05, 4.69) is 4.98 Å². The first kappa shape index (κ1) is 19.4. The molecular formula is C15H24N5O7+. The number of carboxylic acids is 1. The summed E-state index contributed by atoms with van der Waals surface area (Å²) >= 11 is 0. The second-order valence-electron chi connectivity index (χ2n) is 6.58. The summed E-state index contributed by atoms with van der Waals surface area (Å²) in [7, 11) is 0. The first-order chi connectivity index (χ1) is 12.8. The van der Waals surface area contributed by atoms with Gasteiger partial charge in [0, 0.05) is 13.1 Å². The van der Waals surface area contributed by atoms with Gasteiger partial charge >= 0.3 is 11.9 Å². The van der Waals surface area contributed by atoms with Crippen LogP contribution in [-0.4, -0.2) is 75.2 Å². The number of hydrogen-bond acceptors (Lipinski definition) is 10. The molecule has 0 radical (unpaired) electrons. The lowest BCUT2D eigenvalue weighted by Gasteiger charge is -2.37. The van der Waals surface area contributed by atoms with Crippen molar-refractivity contribution in [3.8, 4) is 0 Å². The van der Waals surface area contributed by atoms with E-state index >= 15 is 0 Å². The minimum atomic E-state index is -1.82. The predicted molar refractivity (Wildman–Crippen MR) is 90.2 cm³/mol. The third-order valence-corrected chi connectivity index (χ3v) is 4.65. The number of nitrogen functional groups attached to an aromatic ring is 2. The number of nitrogens with two attached hydrogens (primary N) is 2. The molecule has 1 aromatic heterocycles. The number of carbonyl (C=O) groups is 1. The summed E-state index contributed by atoms with van der Waals surface area (Å²) in [5, 5.41) is 38.7. The molecule has 0 bridgehead atoms. The summed E-state index contributed by atoms with van der Waals surface area (Å²) in [6.07, 6.45) is -5.57. The summed E-state index contributed by atoms with van der Waals surface area (Å²) < 4.78 is 5.93. The van der Waals surface area contributed by atoms with E-state index in [1.165, 1.54) is 6.07 Å². The first-order valence-corrected chi connectivity index (χ1v) is 8.62. The maximum Gasteiger partial charge on any atom is 0.383 e. The maximum absolute atomic E-state index is 11.2. The van der Waals surface area contributed by atoms with Gasteiger partial charge in [-0.2, -0.15) is 0 Å². The Morgan fingerprint density at radius 1 is 1.19 bits per heavy atom. The van der Waals surface area contributed by atoms with E-state index in [-0.39, 0.29) is 11.8 Å². The van der Waals surface area contributed by atoms with E-state index in [4.69, 9.17) is 26.1 Å². The molecule has 0 amide bonds. The van der Waals surface area contributed by atoms with Crippen molar-refractivity contribution in [1.82, 2.24) is 4.98 Å². The second-order valence-corrected chi connectivity index (χ2v) is 6.58. The Labute approximate surface area is 154 Å². The van der Waals surface area contributed by atoms with Crippen molar-refractivity contribution >= 4 is 23.6 Å². The molecule has 2 aliphatic heterocycles. The molecule has 2 fully saturated rings. The summed E-state index contributed by atoms with van der Waals surface area (Å²) in [5.74, 6) is -1.04. The minimum absolute atomic E-state index is 0.0476. The zero-order valence-electron chi connectivity index (χ0n) is 14.5. The van der Waals surface area contributed by atoms with Crippen LogP contribution in [0.5, 0.6) is 0 Å². The van der Waals surface area contributed by atoms with E-state index in [1.54, 1.807) is 0 Å². The molecule has 12 nitrogen and oxygen atoms in total. The molecular weight excluding hydrogens is 362 g/mol. The van der Waals surface area contributed by atoms with Gasteiger partial charge in [-0.15, -0.1) is 0 Å². The zero-order valence-corrected chi connectivity index (χ0v) is 14.5. The van der Waals surface area contributed by atoms with Crippen LogP contribution in [0.1, 0.15) is 19.3 Å². The highest BCUT2D eigenvalue weighted by Gasteiger charge is 2.49. The molecule has 0 aliphatic carbocycles. The molecule has 0 saturated carbocycles. The summed E-state index contributed by atoms with van der Waals surface area (Å²) in [5.41, 5.74) is 11.9. The van der Waals surface area contributed by atoms with Crippen LogP contribution in [0.2, 0.25) is 0 Å². The molecule has 27 heavy (non-hydrogen) atoms. The van der Waals surface area contributed by atoms with Gasteiger partial charge in [0.1, 0.15) is 18.3 Å². The molecule has 1 aromatic rings. The molecule has 2 aliphatic rings. The highest BCUT2D eigenvalue weighted by atomic mass is 16.8. The van der Waals surface area contributed by atoms with E-state index in [0.29, 0.717) is 5.82 Å². The number of ether oxygens (including phenoxy) is 1. The van der Waals surface area contributed by atoms with Crippen LogP contribution in [0.15, 0.2) is 6.07 Å². The Hall–Kier alpha value is -2.41. The van der Waals surface area contributed by atoms with Gasteiger partial charge in [-0.05, 0) is 24.0 Å². The number of hydrogen-bond donors (Lipinski definition) is 6. The monoisotopic (exact) mass is 386 g/mol. The molecule has 3 heterocycles. The molecule has 3 rings (SSSR count). The standard InChI is InChI=1S/C15H23N5O7/c16-7-6-8(19-4-2-1-3-5-19)18-15(17)20(7)27-14-11(23)9(21)10(22)12(26-14)13(24)25/h6,9-12,14,21-23H,1-5H2,(H4,16,17,18,24,25)/p+1/t9-,10-,11+,12-,14?/m0/s1. The second kappa shape index (κ2) is 7.68. The Morgan fingerprint density at radius 3 is 2.44 bits per heavy atom. The highest BCUT2D eigenvalue weighted by molar-refractivity contribution is 5.73. The summed E-state index contributed by atoms with van der Waals surface area (Å²) in [6.45, 7) is 1.65. The van der Waals surface area contributed by atoms with Crippen molar-refractivity contribution in [3.63, 3.8) is 0 Å². The van der Waals surface area contributed by atoms with E-state index in [9.17, 15) is 20.1 Å². The lowest BCUT2D eigenvalue weighted by molar-refractivity contribution is -0.889. The lowest BCUT2D eigenvalue weighted by atomic mass is 9.99. The number of rotatable bonds is 4. The van der Waals surface area contributed by atoms with Gasteiger partial charge < -0.3 is 46.4 Å². The Balaban J connectivity index is 1.81. The van der Waals surface area contributed by atoms with Crippen LogP contribution < -0.4 is 25.9 Å². The van der Waals surface area contributed by atoms with Gasteiger partial charge in [0.05, 0.1) is 6.07 Å². The summed E-state index contributed by atoms with van der Waals surface area (Å²) in [4.78, 5) is 22.8. The average Bonchev–Trinajstić information content (AvgIpc) is 2.64. The smallest absolute Gasteiger partial charge is 0.383 e. The van der Waals surface area contributed by atoms with Crippen molar-refractivity contribution < 1.29 is 39.5 Å². The van der Waals surface area contributed by atoms with Gasteiger partial charge in [-0.1, -0.05) is 4.98 Å². The van der Waals surface area contributed by atoms with E-state index in [1.807, 2.05) is 4.90 Å². The fraction of sp³-hybridized carbons (Fsp3) is 0.667. The zero-order chi connectivity index (χ0) is 19.7. The molecule has 2 saturated heterocycles. The van der Waals surface area contributed by atoms with Crippen molar-refractivity contribution in [1.29, 1.82) is 0 Å². The van der Waals surface area contributed by atoms with Crippen LogP contribution in [0.3, 0.4) is 0 Å². The molecule has 5 atom stereocenters. The molecule has 12 heteroatoms. The molecule has 8 N–H and O–H groups in total. The van der Waals surface area contributed by atoms with Gasteiger partial charge in [0.25, 0.3) is 6.29 Å². The normalized spacial score (nSPS) is 31.5. The number of aromatic nitrogens is 2. The fourth-order valence-corrected chi connectivity index (χ4v) is 3.16. The first-order valence-electron chi connectivity index (χ1n) is 8.62. The SMILES string of the molecule is Nc1cc(N2CCCCC2)nc(N)[n+]1OC1O[C@H](C(=O)O)[C@@H](O)[C@H](O)[C@H]1O. The van der Waals surface area contributed by atoms with Crippen molar-refractivity contribution in [2.45, 2.75) is 50.0 Å². The number of anilines is 3. The van der Waals surface area contributed by atoms with Gasteiger partial charge in [0.2, 0.25) is 5.82 Å². The van der Waals surface area contributed by atoms with Gasteiger partial charge in [-0.25, -0.2) is 4.79 Å². The molecule has 0 aromatic carbocycles. The minimum Gasteiger partial charge on any atom is -0.479 e. The number of nitrogens with zero attached hydrogens (tertiary/aromatic N) is 3. The van der Waals surface area contributed by atoms with Crippen molar-refractivity contribution in [2.24, 2.45) is 0 Å². The van der Waals surface area contributed by atoms with Crippen LogP contribution in [-0.2, 0) is 9.53 Å². The summed E-state index contributed by atoms with van der Waals surface area (Å²) in [6, 6.07) is 1.54. The van der Waals surface area contributed by atoms with Crippen LogP contribution in [0.25, 0.3) is 0 Å². The number of aliphatic hydroxyl groups is 3. The third kappa shape index (κ3) is 3.83. The molecule has 0 spiro atoms. The Kier molecular flexibility index (Phi) is 5.51. The van der Waals surface area contributed by atoms with Crippen LogP contribution >= 0.6 is 0 Å². The number of aliphatic hydroxyl groups excluding tert-OH is 3. The quantitative estimate of drug-likeness (QED) is 0.287. The fourth-order valence-electron chi connectivity index (χ4n) is 3.16. The van der Waals surface area contributed by atoms with E-state index in [0.717, 1.165) is 37.1 Å². The highest BCUT2D eigenvalue weighted by Crippen LogP contribution is 2.22. The predicted octanol–water partition coefficient (Wildman–Crippen LogP) is -3.16. The lowest BCUT2D eigenvalue weighted by Crippen LogP contribution is -2.66. The van der Waals surface area contributed by atoms with Crippen molar-refractivity contribution in [2.75, 3.05) is 29.5 Å². The topological polar surface area (TPSA) is 188 Å². The molecule has 1 unspecified atom stereocenters. The van der Waals surface area contributed by atoms with Crippen molar-refractivity contribution in [3.05, 3.63) is 6.07 Å². The van der Waals surface area contributed by atoms with E-state index < -0.39 is 36.7 Å².